The molecule has 2 rings (SSSR count). The smallest absolute Gasteiger partial charge is 0.321 e. The van der Waals surface area contributed by atoms with E-state index < -0.39 is 21.6 Å². The van der Waals surface area contributed by atoms with Crippen LogP contribution >= 0.6 is 0 Å². The van der Waals surface area contributed by atoms with Gasteiger partial charge in [0.05, 0.1) is 4.90 Å². The first-order valence-corrected chi connectivity index (χ1v) is 11.3. The summed E-state index contributed by atoms with van der Waals surface area (Å²) in [7, 11) is -3.68. The maximum Gasteiger partial charge on any atom is 0.321 e. The number of rotatable bonds is 6. The molecule has 3 amide bonds. The van der Waals surface area contributed by atoms with Crippen LogP contribution in [0.2, 0.25) is 0 Å². The number of carbonyl (C=O) groups is 3. The molecule has 0 bridgehead atoms. The second-order valence-corrected chi connectivity index (χ2v) is 10.3. The normalized spacial score (nSPS) is 16.1. The number of nitrogens with zero attached hydrogens (tertiary/aromatic N) is 2. The van der Waals surface area contributed by atoms with Crippen molar-refractivity contribution in [3.8, 4) is 0 Å². The van der Waals surface area contributed by atoms with Gasteiger partial charge in [0.2, 0.25) is 15.9 Å². The van der Waals surface area contributed by atoms with Gasteiger partial charge in [0.15, 0.2) is 5.78 Å². The molecule has 0 radical (unpaired) electrons. The SMILES string of the molecule is CC(=O)c1cccc(S(=O)(=O)N2CCN(CCC(=O)NC(=O)NC(C)(C)C)CC2)c1. The number of hydrogen-bond donors (Lipinski definition) is 2. The number of piperazine rings is 1. The van der Waals surface area contributed by atoms with Gasteiger partial charge in [0, 0.05) is 50.2 Å². The summed E-state index contributed by atoms with van der Waals surface area (Å²) in [4.78, 5) is 37.3. The van der Waals surface area contributed by atoms with E-state index >= 15 is 0 Å². The summed E-state index contributed by atoms with van der Waals surface area (Å²) in [6.45, 7) is 8.83. The van der Waals surface area contributed by atoms with Gasteiger partial charge in [0.25, 0.3) is 0 Å². The Kier molecular flexibility index (Phi) is 7.73. The molecule has 1 aliphatic rings. The van der Waals surface area contributed by atoms with Crippen LogP contribution in [0, 0.1) is 0 Å². The van der Waals surface area contributed by atoms with Crippen LogP contribution in [0.15, 0.2) is 29.2 Å². The number of Topliss-reactive ketones (excluding diaryl/α,β-unsaturated/α-hetero) is 1. The molecule has 166 valence electrons. The van der Waals surface area contributed by atoms with Gasteiger partial charge in [-0.15, -0.1) is 0 Å². The minimum Gasteiger partial charge on any atom is -0.333 e. The zero-order valence-electron chi connectivity index (χ0n) is 17.9. The molecule has 9 nitrogen and oxygen atoms in total. The Morgan fingerprint density at radius 1 is 1.07 bits per heavy atom. The van der Waals surface area contributed by atoms with Crippen LogP contribution in [-0.4, -0.2) is 73.6 Å². The van der Waals surface area contributed by atoms with Gasteiger partial charge in [-0.3, -0.25) is 14.9 Å². The van der Waals surface area contributed by atoms with E-state index in [0.717, 1.165) is 0 Å². The van der Waals surface area contributed by atoms with Gasteiger partial charge in [-0.1, -0.05) is 12.1 Å². The lowest BCUT2D eigenvalue weighted by atomic mass is 10.1. The predicted octanol–water partition coefficient (Wildman–Crippen LogP) is 1.21. The molecule has 2 N–H and O–H groups in total. The van der Waals surface area contributed by atoms with Crippen molar-refractivity contribution in [2.45, 2.75) is 44.6 Å². The van der Waals surface area contributed by atoms with Crippen molar-refractivity contribution >= 4 is 27.7 Å². The van der Waals surface area contributed by atoms with Crippen molar-refractivity contribution < 1.29 is 22.8 Å². The van der Waals surface area contributed by atoms with Crippen LogP contribution in [0.4, 0.5) is 4.79 Å². The minimum absolute atomic E-state index is 0.105. The molecular formula is C20H30N4O5S. The first-order chi connectivity index (χ1) is 13.9. The maximum atomic E-state index is 12.9. The van der Waals surface area contributed by atoms with E-state index in [1.165, 1.54) is 23.4 Å². The summed E-state index contributed by atoms with van der Waals surface area (Å²) in [5.41, 5.74) is -0.0768. The van der Waals surface area contributed by atoms with Crippen LogP contribution in [0.25, 0.3) is 0 Å². The molecule has 1 heterocycles. The van der Waals surface area contributed by atoms with E-state index in [1.807, 2.05) is 25.7 Å². The predicted molar refractivity (Wildman–Crippen MR) is 113 cm³/mol. The monoisotopic (exact) mass is 438 g/mol. The highest BCUT2D eigenvalue weighted by Gasteiger charge is 2.29. The first-order valence-electron chi connectivity index (χ1n) is 9.84. The summed E-state index contributed by atoms with van der Waals surface area (Å²) < 4.78 is 27.1. The van der Waals surface area contributed by atoms with E-state index in [4.69, 9.17) is 0 Å². The number of carbonyl (C=O) groups excluding carboxylic acids is 3. The van der Waals surface area contributed by atoms with Crippen molar-refractivity contribution in [3.05, 3.63) is 29.8 Å². The van der Waals surface area contributed by atoms with Gasteiger partial charge >= 0.3 is 6.03 Å². The molecule has 1 aromatic carbocycles. The second kappa shape index (κ2) is 9.67. The molecule has 0 aromatic heterocycles. The van der Waals surface area contributed by atoms with Gasteiger partial charge < -0.3 is 10.2 Å². The van der Waals surface area contributed by atoms with E-state index in [-0.39, 0.29) is 23.0 Å². The summed E-state index contributed by atoms with van der Waals surface area (Å²) in [5, 5.41) is 4.95. The fourth-order valence-electron chi connectivity index (χ4n) is 3.04. The van der Waals surface area contributed by atoms with Gasteiger partial charge in [-0.25, -0.2) is 13.2 Å². The molecule has 1 aromatic rings. The number of imide groups is 1. The lowest BCUT2D eigenvalue weighted by Crippen LogP contribution is -2.50. The number of nitrogens with one attached hydrogen (secondary N) is 2. The Hall–Kier alpha value is -2.30. The Bertz CT molecular complexity index is 900. The quantitative estimate of drug-likeness (QED) is 0.645. The third kappa shape index (κ3) is 6.89. The van der Waals surface area contributed by atoms with Crippen molar-refractivity contribution in [2.75, 3.05) is 32.7 Å². The summed E-state index contributed by atoms with van der Waals surface area (Å²) in [5.74, 6) is -0.570. The molecular weight excluding hydrogens is 408 g/mol. The lowest BCUT2D eigenvalue weighted by molar-refractivity contribution is -0.120. The maximum absolute atomic E-state index is 12.9. The fraction of sp³-hybridized carbons (Fsp3) is 0.550. The summed E-state index contributed by atoms with van der Waals surface area (Å²) >= 11 is 0. The fourth-order valence-corrected chi connectivity index (χ4v) is 4.51. The topological polar surface area (TPSA) is 116 Å². The van der Waals surface area contributed by atoms with Gasteiger partial charge in [-0.2, -0.15) is 4.31 Å². The number of amides is 3. The second-order valence-electron chi connectivity index (χ2n) is 8.33. The van der Waals surface area contributed by atoms with E-state index in [0.29, 0.717) is 38.3 Å². The number of benzene rings is 1. The highest BCUT2D eigenvalue weighted by molar-refractivity contribution is 7.89. The Morgan fingerprint density at radius 2 is 1.70 bits per heavy atom. The number of hydrogen-bond acceptors (Lipinski definition) is 6. The molecule has 1 saturated heterocycles. The number of urea groups is 1. The molecule has 0 saturated carbocycles. The van der Waals surface area contributed by atoms with Gasteiger partial charge in [0.1, 0.15) is 0 Å². The molecule has 30 heavy (non-hydrogen) atoms. The largest absolute Gasteiger partial charge is 0.333 e. The van der Waals surface area contributed by atoms with Gasteiger partial charge in [-0.05, 0) is 39.8 Å². The molecule has 0 spiro atoms. The Labute approximate surface area is 177 Å². The lowest BCUT2D eigenvalue weighted by Gasteiger charge is -2.33. The molecule has 10 heteroatoms. The van der Waals surface area contributed by atoms with Crippen molar-refractivity contribution in [3.63, 3.8) is 0 Å². The highest BCUT2D eigenvalue weighted by Crippen LogP contribution is 2.19. The van der Waals surface area contributed by atoms with E-state index in [9.17, 15) is 22.8 Å². The highest BCUT2D eigenvalue weighted by atomic mass is 32.2. The zero-order chi connectivity index (χ0) is 22.5. The van der Waals surface area contributed by atoms with Crippen LogP contribution < -0.4 is 10.6 Å². The van der Waals surface area contributed by atoms with Crippen molar-refractivity contribution in [2.24, 2.45) is 0 Å². The molecule has 1 aliphatic heterocycles. The third-order valence-electron chi connectivity index (χ3n) is 4.61. The van der Waals surface area contributed by atoms with Crippen LogP contribution in [0.1, 0.15) is 44.5 Å². The standard InChI is InChI=1S/C20H30N4O5S/c1-15(25)16-6-5-7-17(14-16)30(28,29)24-12-10-23(11-13-24)9-8-18(26)21-19(27)22-20(2,3)4/h5-7,14H,8-13H2,1-4H3,(H2,21,22,26,27). The zero-order valence-corrected chi connectivity index (χ0v) is 18.7. The molecule has 0 aliphatic carbocycles. The van der Waals surface area contributed by atoms with Crippen LogP contribution in [0.5, 0.6) is 0 Å². The Morgan fingerprint density at radius 3 is 2.27 bits per heavy atom. The third-order valence-corrected chi connectivity index (χ3v) is 6.50. The Balaban J connectivity index is 1.84. The number of sulfonamides is 1. The molecule has 0 atom stereocenters. The number of ketones is 1. The summed E-state index contributed by atoms with van der Waals surface area (Å²) in [6.07, 6.45) is 0.144. The van der Waals surface area contributed by atoms with Crippen molar-refractivity contribution in [1.29, 1.82) is 0 Å². The molecule has 1 fully saturated rings. The minimum atomic E-state index is -3.68. The first kappa shape index (κ1) is 24.0. The average Bonchev–Trinajstić information content (AvgIpc) is 2.65. The van der Waals surface area contributed by atoms with E-state index in [2.05, 4.69) is 10.6 Å². The van der Waals surface area contributed by atoms with Crippen LogP contribution in [-0.2, 0) is 14.8 Å². The average molecular weight is 439 g/mol. The van der Waals surface area contributed by atoms with Crippen molar-refractivity contribution in [1.82, 2.24) is 19.8 Å². The van der Waals surface area contributed by atoms with E-state index in [1.54, 1.807) is 12.1 Å². The summed E-state index contributed by atoms with van der Waals surface area (Å²) in [6, 6.07) is 5.51. The molecule has 0 unspecified atom stereocenters. The van der Waals surface area contributed by atoms with Crippen LogP contribution in [0.3, 0.4) is 0 Å².